The van der Waals surface area contributed by atoms with E-state index < -0.39 is 0 Å². The van der Waals surface area contributed by atoms with Gasteiger partial charge in [-0.25, -0.2) is 0 Å². The second-order valence-corrected chi connectivity index (χ2v) is 8.68. The highest BCUT2D eigenvalue weighted by Gasteiger charge is 2.34. The molecule has 4 rings (SSSR count). The predicted octanol–water partition coefficient (Wildman–Crippen LogP) is 3.95. The summed E-state index contributed by atoms with van der Waals surface area (Å²) in [5.41, 5.74) is 1.25. The largest absolute Gasteiger partial charge is 0.469 e. The van der Waals surface area contributed by atoms with Gasteiger partial charge >= 0.3 is 5.97 Å². The molecule has 0 N–H and O–H groups in total. The lowest BCUT2D eigenvalue weighted by Gasteiger charge is -2.45. The van der Waals surface area contributed by atoms with E-state index in [1.165, 1.54) is 12.7 Å². The van der Waals surface area contributed by atoms with Gasteiger partial charge in [0.15, 0.2) is 0 Å². The fraction of sp³-hybridized carbons (Fsp3) is 0.500. The number of benzene rings is 2. The highest BCUT2D eigenvalue weighted by Crippen LogP contribution is 2.29. The first-order chi connectivity index (χ1) is 15.7. The average Bonchev–Trinajstić information content (AvgIpc) is 2.84. The molecule has 6 heteroatoms. The molecule has 2 atom stereocenters. The fourth-order valence-corrected chi connectivity index (χ4v) is 4.91. The van der Waals surface area contributed by atoms with E-state index in [1.54, 1.807) is 0 Å². The van der Waals surface area contributed by atoms with E-state index in [1.807, 2.05) is 36.4 Å². The van der Waals surface area contributed by atoms with Crippen LogP contribution in [0, 0.1) is 5.92 Å². The molecule has 2 aromatic rings. The standard InChI is InChI=1S/C26H34N2O4/c1-30-26(29)11-10-22-20-27(13-12-25(22)28-14-16-31-17-15-28)19-21-6-5-9-24(18-21)32-23-7-3-2-4-8-23/h2-9,18,22,25H,10-17,19-20H2,1H3/t22-,25+/m0/s1. The Hall–Kier alpha value is -2.41. The van der Waals surface area contributed by atoms with Crippen LogP contribution in [-0.2, 0) is 20.8 Å². The first-order valence-electron chi connectivity index (χ1n) is 11.6. The van der Waals surface area contributed by atoms with Gasteiger partial charge in [0, 0.05) is 38.6 Å². The molecule has 32 heavy (non-hydrogen) atoms. The summed E-state index contributed by atoms with van der Waals surface area (Å²) in [6, 6.07) is 18.7. The Labute approximate surface area is 191 Å². The minimum atomic E-state index is -0.117. The van der Waals surface area contributed by atoms with Crippen LogP contribution in [-0.4, -0.2) is 68.3 Å². The van der Waals surface area contributed by atoms with Crippen molar-refractivity contribution < 1.29 is 19.0 Å². The normalized spacial score (nSPS) is 22.4. The third-order valence-electron chi connectivity index (χ3n) is 6.52. The van der Waals surface area contributed by atoms with Gasteiger partial charge in [0.05, 0.1) is 20.3 Å². The van der Waals surface area contributed by atoms with Gasteiger partial charge in [-0.2, -0.15) is 0 Å². The molecular weight excluding hydrogens is 404 g/mol. The number of ether oxygens (including phenoxy) is 3. The molecule has 2 aliphatic rings. The van der Waals surface area contributed by atoms with E-state index in [-0.39, 0.29) is 5.97 Å². The van der Waals surface area contributed by atoms with E-state index in [0.717, 1.165) is 70.3 Å². The highest BCUT2D eigenvalue weighted by atomic mass is 16.5. The zero-order valence-electron chi connectivity index (χ0n) is 18.9. The van der Waals surface area contributed by atoms with Crippen molar-refractivity contribution in [2.24, 2.45) is 5.92 Å². The number of morpholine rings is 1. The van der Waals surface area contributed by atoms with Crippen molar-refractivity contribution in [3.05, 3.63) is 60.2 Å². The number of piperidine rings is 1. The number of para-hydroxylation sites is 1. The molecule has 0 aromatic heterocycles. The molecule has 6 nitrogen and oxygen atoms in total. The molecule has 2 saturated heterocycles. The number of carbonyl (C=O) groups excluding carboxylic acids is 1. The third-order valence-corrected chi connectivity index (χ3v) is 6.52. The SMILES string of the molecule is COC(=O)CC[C@H]1CN(Cc2cccc(Oc3ccccc3)c2)CC[C@H]1N1CCOCC1. The topological polar surface area (TPSA) is 51.2 Å². The maximum absolute atomic E-state index is 11.8. The zero-order chi connectivity index (χ0) is 22.2. The van der Waals surface area contributed by atoms with Gasteiger partial charge in [0.2, 0.25) is 0 Å². The van der Waals surface area contributed by atoms with Gasteiger partial charge in [0.25, 0.3) is 0 Å². The highest BCUT2D eigenvalue weighted by molar-refractivity contribution is 5.69. The smallest absolute Gasteiger partial charge is 0.305 e. The Morgan fingerprint density at radius 2 is 1.81 bits per heavy atom. The quantitative estimate of drug-likeness (QED) is 0.582. The van der Waals surface area contributed by atoms with Gasteiger partial charge in [-0.3, -0.25) is 14.6 Å². The molecule has 0 saturated carbocycles. The molecule has 0 unspecified atom stereocenters. The molecule has 2 heterocycles. The molecule has 2 aliphatic heterocycles. The summed E-state index contributed by atoms with van der Waals surface area (Å²) in [5.74, 6) is 2.04. The lowest BCUT2D eigenvalue weighted by molar-refractivity contribution is -0.141. The molecule has 2 fully saturated rings. The van der Waals surface area contributed by atoms with Gasteiger partial charge in [0.1, 0.15) is 11.5 Å². The summed E-state index contributed by atoms with van der Waals surface area (Å²) in [6.07, 6.45) is 2.46. The summed E-state index contributed by atoms with van der Waals surface area (Å²) in [5, 5.41) is 0. The zero-order valence-corrected chi connectivity index (χ0v) is 18.9. The van der Waals surface area contributed by atoms with E-state index in [0.29, 0.717) is 18.4 Å². The van der Waals surface area contributed by atoms with E-state index in [2.05, 4.69) is 28.0 Å². The average molecular weight is 439 g/mol. The number of rotatable bonds is 8. The van der Waals surface area contributed by atoms with Crippen LogP contribution < -0.4 is 4.74 Å². The number of likely N-dealkylation sites (tertiary alicyclic amines) is 1. The van der Waals surface area contributed by atoms with Crippen molar-refractivity contribution in [3.63, 3.8) is 0 Å². The minimum Gasteiger partial charge on any atom is -0.469 e. The van der Waals surface area contributed by atoms with Crippen LogP contribution >= 0.6 is 0 Å². The summed E-state index contributed by atoms with van der Waals surface area (Å²) in [7, 11) is 1.47. The number of hydrogen-bond donors (Lipinski definition) is 0. The maximum Gasteiger partial charge on any atom is 0.305 e. The van der Waals surface area contributed by atoms with Crippen LogP contribution in [0.15, 0.2) is 54.6 Å². The number of carbonyl (C=O) groups is 1. The summed E-state index contributed by atoms with van der Waals surface area (Å²) < 4.78 is 16.5. The van der Waals surface area contributed by atoms with Crippen LogP contribution in [0.5, 0.6) is 11.5 Å². The molecule has 0 spiro atoms. The molecule has 0 radical (unpaired) electrons. The lowest BCUT2D eigenvalue weighted by Crippen LogP contribution is -2.53. The van der Waals surface area contributed by atoms with E-state index >= 15 is 0 Å². The van der Waals surface area contributed by atoms with Crippen molar-refractivity contribution >= 4 is 5.97 Å². The minimum absolute atomic E-state index is 0.117. The lowest BCUT2D eigenvalue weighted by atomic mass is 9.86. The molecule has 0 aliphatic carbocycles. The van der Waals surface area contributed by atoms with Gasteiger partial charge in [-0.15, -0.1) is 0 Å². The molecule has 0 bridgehead atoms. The van der Waals surface area contributed by atoms with Crippen molar-refractivity contribution in [3.8, 4) is 11.5 Å². The molecular formula is C26H34N2O4. The first-order valence-corrected chi connectivity index (χ1v) is 11.6. The van der Waals surface area contributed by atoms with Crippen LogP contribution in [0.2, 0.25) is 0 Å². The van der Waals surface area contributed by atoms with Crippen molar-refractivity contribution in [2.75, 3.05) is 46.5 Å². The van der Waals surface area contributed by atoms with Crippen LogP contribution in [0.4, 0.5) is 0 Å². The monoisotopic (exact) mass is 438 g/mol. The fourth-order valence-electron chi connectivity index (χ4n) is 4.91. The Balaban J connectivity index is 1.39. The summed E-state index contributed by atoms with van der Waals surface area (Å²) >= 11 is 0. The number of nitrogens with zero attached hydrogens (tertiary/aromatic N) is 2. The van der Waals surface area contributed by atoms with Crippen molar-refractivity contribution in [2.45, 2.75) is 31.8 Å². The van der Waals surface area contributed by atoms with Gasteiger partial charge in [-0.05, 0) is 55.1 Å². The molecule has 172 valence electrons. The number of esters is 1. The number of methoxy groups -OCH3 is 1. The Kier molecular flexibility index (Phi) is 8.15. The van der Waals surface area contributed by atoms with Crippen LogP contribution in [0.3, 0.4) is 0 Å². The Morgan fingerprint density at radius 3 is 2.59 bits per heavy atom. The van der Waals surface area contributed by atoms with E-state index in [4.69, 9.17) is 14.2 Å². The van der Waals surface area contributed by atoms with Gasteiger partial charge in [-0.1, -0.05) is 30.3 Å². The third kappa shape index (κ3) is 6.31. The predicted molar refractivity (Wildman–Crippen MR) is 124 cm³/mol. The molecule has 2 aromatic carbocycles. The molecule has 0 amide bonds. The summed E-state index contributed by atoms with van der Waals surface area (Å²) in [4.78, 5) is 16.9. The van der Waals surface area contributed by atoms with Crippen LogP contribution in [0.1, 0.15) is 24.8 Å². The first kappa shape index (κ1) is 22.8. The second-order valence-electron chi connectivity index (χ2n) is 8.68. The van der Waals surface area contributed by atoms with Crippen molar-refractivity contribution in [1.29, 1.82) is 0 Å². The van der Waals surface area contributed by atoms with E-state index in [9.17, 15) is 4.79 Å². The Bertz CT molecular complexity index is 854. The number of hydrogen-bond acceptors (Lipinski definition) is 6. The van der Waals surface area contributed by atoms with Crippen molar-refractivity contribution in [1.82, 2.24) is 9.80 Å². The summed E-state index contributed by atoms with van der Waals surface area (Å²) in [6.45, 7) is 6.51. The second kappa shape index (κ2) is 11.5. The Morgan fingerprint density at radius 1 is 1.03 bits per heavy atom. The van der Waals surface area contributed by atoms with Gasteiger partial charge < -0.3 is 14.2 Å². The maximum atomic E-state index is 11.8. The van der Waals surface area contributed by atoms with Crippen LogP contribution in [0.25, 0.3) is 0 Å².